The molecule has 108 valence electrons. The highest BCUT2D eigenvalue weighted by molar-refractivity contribution is 5.29. The lowest BCUT2D eigenvalue weighted by Gasteiger charge is -2.30. The summed E-state index contributed by atoms with van der Waals surface area (Å²) in [6.45, 7) is 6.70. The maximum Gasteiger partial charge on any atom is 0.144 e. The zero-order valence-electron chi connectivity index (χ0n) is 12.6. The van der Waals surface area contributed by atoms with Crippen molar-refractivity contribution in [3.8, 4) is 11.8 Å². The van der Waals surface area contributed by atoms with E-state index in [0.717, 1.165) is 25.0 Å². The van der Waals surface area contributed by atoms with Crippen LogP contribution in [0, 0.1) is 17.2 Å². The summed E-state index contributed by atoms with van der Waals surface area (Å²) in [7, 11) is 0. The molecule has 1 aliphatic rings. The van der Waals surface area contributed by atoms with E-state index in [2.05, 4.69) is 44.3 Å². The predicted octanol–water partition coefficient (Wildman–Crippen LogP) is 3.30. The number of aryl methyl sites for hydroxylation is 1. The number of rotatable bonds is 7. The van der Waals surface area contributed by atoms with E-state index in [1.807, 2.05) is 12.1 Å². The van der Waals surface area contributed by atoms with Gasteiger partial charge in [0, 0.05) is 6.04 Å². The van der Waals surface area contributed by atoms with Crippen LogP contribution in [0.3, 0.4) is 0 Å². The third-order valence-electron chi connectivity index (χ3n) is 3.79. The first-order chi connectivity index (χ1) is 9.59. The third-order valence-corrected chi connectivity index (χ3v) is 3.79. The van der Waals surface area contributed by atoms with Crippen molar-refractivity contribution in [3.63, 3.8) is 0 Å². The van der Waals surface area contributed by atoms with E-state index < -0.39 is 5.54 Å². The van der Waals surface area contributed by atoms with Gasteiger partial charge in [0.15, 0.2) is 0 Å². The minimum atomic E-state index is -0.545. The van der Waals surface area contributed by atoms with Crippen molar-refractivity contribution in [3.05, 3.63) is 29.8 Å². The summed E-state index contributed by atoms with van der Waals surface area (Å²) in [6.07, 6.45) is 3.23. The van der Waals surface area contributed by atoms with Crippen LogP contribution in [0.25, 0.3) is 0 Å². The van der Waals surface area contributed by atoms with Gasteiger partial charge in [0.1, 0.15) is 17.9 Å². The lowest BCUT2D eigenvalue weighted by Crippen LogP contribution is -2.53. The Labute approximate surface area is 121 Å². The van der Waals surface area contributed by atoms with Gasteiger partial charge in [0.2, 0.25) is 0 Å². The number of ether oxygens (including phenoxy) is 1. The standard InChI is InChI=1S/C17H24N2O/c1-4-14-6-5-7-16(10-14)20-12-17(11-18,15-8-9-15)19-13(2)3/h5-7,10,13,15,19H,4,8-9,12H2,1-3H3. The summed E-state index contributed by atoms with van der Waals surface area (Å²) < 4.78 is 5.92. The normalized spacial score (nSPS) is 17.6. The van der Waals surface area contributed by atoms with Crippen molar-refractivity contribution in [2.75, 3.05) is 6.61 Å². The van der Waals surface area contributed by atoms with E-state index in [1.54, 1.807) is 0 Å². The van der Waals surface area contributed by atoms with Crippen LogP contribution < -0.4 is 10.1 Å². The SMILES string of the molecule is CCc1cccc(OCC(C#N)(NC(C)C)C2CC2)c1. The Kier molecular flexibility index (Phi) is 4.67. The minimum Gasteiger partial charge on any atom is -0.491 e. The maximum absolute atomic E-state index is 9.62. The number of nitriles is 1. The molecular weight excluding hydrogens is 248 g/mol. The Bertz CT molecular complexity index is 488. The molecule has 0 saturated heterocycles. The molecule has 0 bridgehead atoms. The molecular formula is C17H24N2O. The van der Waals surface area contributed by atoms with Gasteiger partial charge in [-0.1, -0.05) is 19.1 Å². The second-order valence-corrected chi connectivity index (χ2v) is 5.95. The van der Waals surface area contributed by atoms with Gasteiger partial charge < -0.3 is 4.74 Å². The van der Waals surface area contributed by atoms with Crippen LogP contribution in [0.5, 0.6) is 5.75 Å². The van der Waals surface area contributed by atoms with Gasteiger partial charge in [-0.25, -0.2) is 0 Å². The molecule has 2 rings (SSSR count). The van der Waals surface area contributed by atoms with Crippen LogP contribution in [0.15, 0.2) is 24.3 Å². The molecule has 0 aromatic heterocycles. The number of benzene rings is 1. The topological polar surface area (TPSA) is 45.0 Å². The molecule has 0 amide bonds. The van der Waals surface area contributed by atoms with Crippen LogP contribution in [0.4, 0.5) is 0 Å². The first-order valence-electron chi connectivity index (χ1n) is 7.50. The highest BCUT2D eigenvalue weighted by atomic mass is 16.5. The Morgan fingerprint density at radius 2 is 2.20 bits per heavy atom. The molecule has 1 aromatic carbocycles. The van der Waals surface area contributed by atoms with Gasteiger partial charge in [0.05, 0.1) is 6.07 Å². The Morgan fingerprint density at radius 3 is 2.75 bits per heavy atom. The number of hydrogen-bond acceptors (Lipinski definition) is 3. The summed E-state index contributed by atoms with van der Waals surface area (Å²) in [5.41, 5.74) is 0.712. The van der Waals surface area contributed by atoms with Crippen molar-refractivity contribution >= 4 is 0 Å². The van der Waals surface area contributed by atoms with Crippen molar-refractivity contribution in [1.29, 1.82) is 5.26 Å². The number of hydrogen-bond donors (Lipinski definition) is 1. The highest BCUT2D eigenvalue weighted by Crippen LogP contribution is 2.40. The first kappa shape index (κ1) is 14.9. The molecule has 0 aliphatic heterocycles. The van der Waals surface area contributed by atoms with Crippen LogP contribution in [-0.4, -0.2) is 18.2 Å². The molecule has 3 nitrogen and oxygen atoms in total. The van der Waals surface area contributed by atoms with Crippen LogP contribution >= 0.6 is 0 Å². The smallest absolute Gasteiger partial charge is 0.144 e. The zero-order chi connectivity index (χ0) is 14.6. The van der Waals surface area contributed by atoms with Gasteiger partial charge in [-0.05, 0) is 56.7 Å². The third kappa shape index (κ3) is 3.52. The number of nitrogens with one attached hydrogen (secondary N) is 1. The van der Waals surface area contributed by atoms with Gasteiger partial charge in [-0.15, -0.1) is 0 Å². The van der Waals surface area contributed by atoms with E-state index in [4.69, 9.17) is 4.74 Å². The fraction of sp³-hybridized carbons (Fsp3) is 0.588. The molecule has 3 heteroatoms. The summed E-state index contributed by atoms with van der Waals surface area (Å²) in [5.74, 6) is 1.28. The number of nitrogens with zero attached hydrogens (tertiary/aromatic N) is 1. The van der Waals surface area contributed by atoms with Gasteiger partial charge >= 0.3 is 0 Å². The molecule has 1 atom stereocenters. The lowest BCUT2D eigenvalue weighted by atomic mass is 9.95. The second-order valence-electron chi connectivity index (χ2n) is 5.95. The quantitative estimate of drug-likeness (QED) is 0.828. The van der Waals surface area contributed by atoms with E-state index in [1.165, 1.54) is 5.56 Å². The zero-order valence-corrected chi connectivity index (χ0v) is 12.6. The molecule has 0 heterocycles. The van der Waals surface area contributed by atoms with E-state index in [-0.39, 0.29) is 6.04 Å². The fourth-order valence-electron chi connectivity index (χ4n) is 2.58. The Morgan fingerprint density at radius 1 is 1.45 bits per heavy atom. The van der Waals surface area contributed by atoms with Crippen molar-refractivity contribution < 1.29 is 4.74 Å². The summed E-state index contributed by atoms with van der Waals surface area (Å²) in [4.78, 5) is 0. The first-order valence-corrected chi connectivity index (χ1v) is 7.50. The molecule has 1 saturated carbocycles. The molecule has 1 fully saturated rings. The van der Waals surface area contributed by atoms with Gasteiger partial charge in [-0.3, -0.25) is 5.32 Å². The molecule has 0 radical (unpaired) electrons. The summed E-state index contributed by atoms with van der Waals surface area (Å²) in [6, 6.07) is 10.9. The summed E-state index contributed by atoms with van der Waals surface area (Å²) >= 11 is 0. The fourth-order valence-corrected chi connectivity index (χ4v) is 2.58. The Balaban J connectivity index is 2.06. The van der Waals surface area contributed by atoms with Crippen molar-refractivity contribution in [1.82, 2.24) is 5.32 Å². The van der Waals surface area contributed by atoms with Crippen LogP contribution in [0.2, 0.25) is 0 Å². The average molecular weight is 272 g/mol. The summed E-state index contributed by atoms with van der Waals surface area (Å²) in [5, 5.41) is 13.0. The Hall–Kier alpha value is -1.53. The van der Waals surface area contributed by atoms with Crippen LogP contribution in [-0.2, 0) is 6.42 Å². The van der Waals surface area contributed by atoms with Crippen LogP contribution in [0.1, 0.15) is 39.2 Å². The van der Waals surface area contributed by atoms with Crippen molar-refractivity contribution in [2.45, 2.75) is 51.6 Å². The molecule has 20 heavy (non-hydrogen) atoms. The van der Waals surface area contributed by atoms with Gasteiger partial charge in [-0.2, -0.15) is 5.26 Å². The molecule has 1 unspecified atom stereocenters. The minimum absolute atomic E-state index is 0.279. The van der Waals surface area contributed by atoms with Gasteiger partial charge in [0.25, 0.3) is 0 Å². The molecule has 1 aliphatic carbocycles. The molecule has 1 N–H and O–H groups in total. The monoisotopic (exact) mass is 272 g/mol. The molecule has 0 spiro atoms. The highest BCUT2D eigenvalue weighted by Gasteiger charge is 2.46. The average Bonchev–Trinajstić information content (AvgIpc) is 3.28. The lowest BCUT2D eigenvalue weighted by molar-refractivity contribution is 0.192. The largest absolute Gasteiger partial charge is 0.491 e. The molecule has 1 aromatic rings. The van der Waals surface area contributed by atoms with E-state index >= 15 is 0 Å². The predicted molar refractivity (Wildman–Crippen MR) is 80.7 cm³/mol. The maximum atomic E-state index is 9.62. The van der Waals surface area contributed by atoms with Crippen molar-refractivity contribution in [2.24, 2.45) is 5.92 Å². The second kappa shape index (κ2) is 6.28. The van der Waals surface area contributed by atoms with E-state index in [9.17, 15) is 5.26 Å². The van der Waals surface area contributed by atoms with E-state index in [0.29, 0.717) is 12.5 Å².